The van der Waals surface area contributed by atoms with Gasteiger partial charge in [0.2, 0.25) is 5.91 Å². The maximum atomic E-state index is 11.6. The molecule has 100 valence electrons. The molecule has 0 bridgehead atoms. The summed E-state index contributed by atoms with van der Waals surface area (Å²) in [6.45, 7) is 3.68. The van der Waals surface area contributed by atoms with Crippen molar-refractivity contribution in [3.8, 4) is 0 Å². The average molecular weight is 254 g/mol. The van der Waals surface area contributed by atoms with Crippen molar-refractivity contribution < 1.29 is 14.3 Å². The Kier molecular flexibility index (Phi) is 4.82. The van der Waals surface area contributed by atoms with Crippen LogP contribution in [0.3, 0.4) is 0 Å². The maximum absolute atomic E-state index is 11.6. The minimum atomic E-state index is -0.534. The molecule has 0 radical (unpaired) electrons. The van der Waals surface area contributed by atoms with Crippen LogP contribution in [0, 0.1) is 0 Å². The molecule has 1 unspecified atom stereocenters. The molecular formula is C11H18N4O3. The van der Waals surface area contributed by atoms with E-state index in [1.165, 1.54) is 11.8 Å². The Labute approximate surface area is 105 Å². The fourth-order valence-corrected chi connectivity index (χ4v) is 1.67. The van der Waals surface area contributed by atoms with E-state index in [1.54, 1.807) is 14.0 Å². The minimum absolute atomic E-state index is 0.176. The van der Waals surface area contributed by atoms with Gasteiger partial charge in [0.05, 0.1) is 12.8 Å². The number of carbonyl (C=O) groups excluding carboxylic acids is 2. The van der Waals surface area contributed by atoms with Gasteiger partial charge in [0.1, 0.15) is 6.04 Å². The molecule has 1 rings (SSSR count). The first-order chi connectivity index (χ1) is 8.56. The highest BCUT2D eigenvalue weighted by Gasteiger charge is 2.24. The van der Waals surface area contributed by atoms with Crippen LogP contribution in [-0.2, 0) is 16.0 Å². The highest BCUT2D eigenvalue weighted by molar-refractivity contribution is 5.88. The summed E-state index contributed by atoms with van der Waals surface area (Å²) < 4.78 is 6.11. The molecular weight excluding hydrogens is 236 g/mol. The zero-order chi connectivity index (χ0) is 13.7. The van der Waals surface area contributed by atoms with Gasteiger partial charge in [-0.25, -0.2) is 9.48 Å². The van der Waals surface area contributed by atoms with Crippen molar-refractivity contribution in [2.24, 2.45) is 0 Å². The number of aromatic nitrogens is 3. The molecule has 0 aliphatic carbocycles. The third-order valence-electron chi connectivity index (χ3n) is 2.65. The van der Waals surface area contributed by atoms with E-state index >= 15 is 0 Å². The zero-order valence-electron chi connectivity index (χ0n) is 11.1. The first-order valence-electron chi connectivity index (χ1n) is 5.80. The fraction of sp³-hybridized carbons (Fsp3) is 0.636. The largest absolute Gasteiger partial charge is 0.464 e. The molecule has 18 heavy (non-hydrogen) atoms. The van der Waals surface area contributed by atoms with E-state index in [9.17, 15) is 9.59 Å². The van der Waals surface area contributed by atoms with Gasteiger partial charge in [0.15, 0.2) is 5.69 Å². The highest BCUT2D eigenvalue weighted by Crippen LogP contribution is 2.15. The Hall–Kier alpha value is -1.92. The molecule has 0 aromatic carbocycles. The van der Waals surface area contributed by atoms with Gasteiger partial charge in [-0.2, -0.15) is 0 Å². The number of hydrogen-bond acceptors (Lipinski definition) is 5. The molecule has 1 aromatic heterocycles. The van der Waals surface area contributed by atoms with Crippen LogP contribution in [0.4, 0.5) is 0 Å². The Balaban J connectivity index is 3.16. The summed E-state index contributed by atoms with van der Waals surface area (Å²) >= 11 is 0. The van der Waals surface area contributed by atoms with Gasteiger partial charge in [-0.15, -0.1) is 5.10 Å². The SMILES string of the molecule is CCCc1c(C(=O)OC)nnn1C(C)C(=O)NC. The van der Waals surface area contributed by atoms with Crippen molar-refractivity contribution in [2.75, 3.05) is 14.2 Å². The van der Waals surface area contributed by atoms with Crippen LogP contribution < -0.4 is 5.32 Å². The highest BCUT2D eigenvalue weighted by atomic mass is 16.5. The molecule has 1 atom stereocenters. The van der Waals surface area contributed by atoms with E-state index in [-0.39, 0.29) is 11.6 Å². The maximum Gasteiger partial charge on any atom is 0.360 e. The number of amides is 1. The minimum Gasteiger partial charge on any atom is -0.464 e. The summed E-state index contributed by atoms with van der Waals surface area (Å²) in [7, 11) is 2.84. The van der Waals surface area contributed by atoms with Gasteiger partial charge in [-0.3, -0.25) is 4.79 Å². The molecule has 1 N–H and O–H groups in total. The standard InChI is InChI=1S/C11H18N4O3/c1-5-6-8-9(11(17)18-4)13-14-15(8)7(2)10(16)12-3/h7H,5-6H2,1-4H3,(H,12,16). The second kappa shape index (κ2) is 6.13. The number of esters is 1. The van der Waals surface area contributed by atoms with Crippen molar-refractivity contribution >= 4 is 11.9 Å². The van der Waals surface area contributed by atoms with Crippen LogP contribution in [0.25, 0.3) is 0 Å². The molecule has 0 saturated heterocycles. The summed E-state index contributed by atoms with van der Waals surface area (Å²) in [5.74, 6) is -0.720. The third kappa shape index (κ3) is 2.66. The Morgan fingerprint density at radius 3 is 2.67 bits per heavy atom. The number of nitrogens with one attached hydrogen (secondary N) is 1. The molecule has 7 heteroatoms. The lowest BCUT2D eigenvalue weighted by atomic mass is 10.2. The molecule has 1 aromatic rings. The van der Waals surface area contributed by atoms with Crippen LogP contribution in [0.15, 0.2) is 0 Å². The van der Waals surface area contributed by atoms with Crippen molar-refractivity contribution in [3.63, 3.8) is 0 Å². The van der Waals surface area contributed by atoms with Crippen LogP contribution in [-0.4, -0.2) is 41.0 Å². The lowest BCUT2D eigenvalue weighted by molar-refractivity contribution is -0.123. The molecule has 1 amide bonds. The summed E-state index contributed by atoms with van der Waals surface area (Å²) in [5.41, 5.74) is 0.801. The number of ether oxygens (including phenoxy) is 1. The van der Waals surface area contributed by atoms with E-state index in [0.717, 1.165) is 6.42 Å². The topological polar surface area (TPSA) is 86.1 Å². The lowest BCUT2D eigenvalue weighted by Crippen LogP contribution is -2.29. The molecule has 0 aliphatic rings. The van der Waals surface area contributed by atoms with Crippen LogP contribution in [0.2, 0.25) is 0 Å². The normalized spacial score (nSPS) is 12.0. The van der Waals surface area contributed by atoms with Crippen molar-refractivity contribution in [2.45, 2.75) is 32.7 Å². The predicted octanol–water partition coefficient (Wildman–Crippen LogP) is 0.324. The van der Waals surface area contributed by atoms with Gasteiger partial charge >= 0.3 is 5.97 Å². The third-order valence-corrected chi connectivity index (χ3v) is 2.65. The summed E-state index contributed by atoms with van der Waals surface area (Å²) in [6.07, 6.45) is 1.43. The van der Waals surface area contributed by atoms with Crippen molar-refractivity contribution in [1.29, 1.82) is 0 Å². The summed E-state index contributed by atoms with van der Waals surface area (Å²) in [4.78, 5) is 23.1. The smallest absolute Gasteiger partial charge is 0.360 e. The number of methoxy groups -OCH3 is 1. The van der Waals surface area contributed by atoms with E-state index in [4.69, 9.17) is 0 Å². The molecule has 0 saturated carbocycles. The Morgan fingerprint density at radius 2 is 2.17 bits per heavy atom. The number of carbonyl (C=O) groups is 2. The van der Waals surface area contributed by atoms with Crippen LogP contribution in [0.1, 0.15) is 42.5 Å². The summed E-state index contributed by atoms with van der Waals surface area (Å²) in [5, 5.41) is 10.2. The van der Waals surface area contributed by atoms with E-state index in [0.29, 0.717) is 12.1 Å². The Morgan fingerprint density at radius 1 is 1.50 bits per heavy atom. The van der Waals surface area contributed by atoms with Crippen LogP contribution in [0.5, 0.6) is 0 Å². The van der Waals surface area contributed by atoms with Gasteiger partial charge < -0.3 is 10.1 Å². The van der Waals surface area contributed by atoms with E-state index in [1.807, 2.05) is 6.92 Å². The second-order valence-corrected chi connectivity index (χ2v) is 3.86. The van der Waals surface area contributed by atoms with Gasteiger partial charge in [0, 0.05) is 7.05 Å². The number of rotatable bonds is 5. The molecule has 1 heterocycles. The monoisotopic (exact) mass is 254 g/mol. The van der Waals surface area contributed by atoms with Crippen molar-refractivity contribution in [3.05, 3.63) is 11.4 Å². The Bertz CT molecular complexity index is 441. The number of nitrogens with zero attached hydrogens (tertiary/aromatic N) is 3. The average Bonchev–Trinajstić information content (AvgIpc) is 2.80. The summed E-state index contributed by atoms with van der Waals surface area (Å²) in [6, 6.07) is -0.512. The molecule has 0 fully saturated rings. The predicted molar refractivity (Wildman–Crippen MR) is 64.1 cm³/mol. The molecule has 7 nitrogen and oxygen atoms in total. The molecule has 0 aliphatic heterocycles. The second-order valence-electron chi connectivity index (χ2n) is 3.86. The zero-order valence-corrected chi connectivity index (χ0v) is 11.1. The van der Waals surface area contributed by atoms with E-state index in [2.05, 4.69) is 20.4 Å². The first kappa shape index (κ1) is 14.1. The first-order valence-corrected chi connectivity index (χ1v) is 5.80. The van der Waals surface area contributed by atoms with Crippen molar-refractivity contribution in [1.82, 2.24) is 20.3 Å². The van der Waals surface area contributed by atoms with Gasteiger partial charge in [0.25, 0.3) is 0 Å². The number of hydrogen-bond donors (Lipinski definition) is 1. The van der Waals surface area contributed by atoms with E-state index < -0.39 is 12.0 Å². The van der Waals surface area contributed by atoms with Gasteiger partial charge in [-0.05, 0) is 13.3 Å². The fourth-order valence-electron chi connectivity index (χ4n) is 1.67. The van der Waals surface area contributed by atoms with Gasteiger partial charge in [-0.1, -0.05) is 18.6 Å². The molecule has 0 spiro atoms. The quantitative estimate of drug-likeness (QED) is 0.765. The number of likely N-dealkylation sites (N-methyl/N-ethyl adjacent to an activating group) is 1. The lowest BCUT2D eigenvalue weighted by Gasteiger charge is -2.13. The van der Waals surface area contributed by atoms with Crippen LogP contribution >= 0.6 is 0 Å².